The Morgan fingerprint density at radius 2 is 2.26 bits per heavy atom. The molecular weight excluding hydrogens is 242 g/mol. The molecule has 0 spiro atoms. The van der Waals surface area contributed by atoms with Gasteiger partial charge in [-0.1, -0.05) is 5.16 Å². The van der Waals surface area contributed by atoms with E-state index in [-0.39, 0.29) is 5.84 Å². The Morgan fingerprint density at radius 1 is 1.53 bits per heavy atom. The van der Waals surface area contributed by atoms with Gasteiger partial charge in [0.25, 0.3) is 0 Å². The summed E-state index contributed by atoms with van der Waals surface area (Å²) in [6.07, 6.45) is 2.48. The van der Waals surface area contributed by atoms with Crippen LogP contribution in [0, 0.1) is 6.92 Å². The molecule has 2 rings (SSSR count). The van der Waals surface area contributed by atoms with Crippen LogP contribution in [0.3, 0.4) is 0 Å². The number of ether oxygens (including phenoxy) is 1. The molecule has 0 atom stereocenters. The highest BCUT2D eigenvalue weighted by Crippen LogP contribution is 2.32. The molecule has 19 heavy (non-hydrogen) atoms. The summed E-state index contributed by atoms with van der Waals surface area (Å²) in [6.45, 7) is 3.58. The average Bonchev–Trinajstić information content (AvgIpc) is 3.23. The Kier molecular flexibility index (Phi) is 4.27. The predicted molar refractivity (Wildman–Crippen MR) is 75.9 cm³/mol. The fourth-order valence-corrected chi connectivity index (χ4v) is 2.27. The van der Waals surface area contributed by atoms with Gasteiger partial charge in [0.05, 0.1) is 6.61 Å². The molecule has 0 aromatic heterocycles. The second kappa shape index (κ2) is 5.93. The number of rotatable bonds is 6. The van der Waals surface area contributed by atoms with E-state index < -0.39 is 0 Å². The minimum absolute atomic E-state index is 0.152. The number of benzene rings is 1. The van der Waals surface area contributed by atoms with E-state index in [1.54, 1.807) is 7.11 Å². The quantitative estimate of drug-likeness (QED) is 0.355. The van der Waals surface area contributed by atoms with Gasteiger partial charge in [-0.15, -0.1) is 0 Å². The summed E-state index contributed by atoms with van der Waals surface area (Å²) < 4.78 is 5.17. The van der Waals surface area contributed by atoms with E-state index >= 15 is 0 Å². The molecule has 1 aliphatic carbocycles. The van der Waals surface area contributed by atoms with Crippen molar-refractivity contribution in [3.63, 3.8) is 0 Å². The first-order chi connectivity index (χ1) is 9.17. The number of amidine groups is 1. The highest BCUT2D eigenvalue weighted by atomic mass is 16.5. The number of methoxy groups -OCH3 is 1. The van der Waals surface area contributed by atoms with Gasteiger partial charge >= 0.3 is 0 Å². The summed E-state index contributed by atoms with van der Waals surface area (Å²) in [7, 11) is 1.72. The van der Waals surface area contributed by atoms with Crippen LogP contribution >= 0.6 is 0 Å². The van der Waals surface area contributed by atoms with Crippen molar-refractivity contribution in [3.8, 4) is 0 Å². The summed E-state index contributed by atoms with van der Waals surface area (Å²) in [5.41, 5.74) is 8.59. The Bertz CT molecular complexity index is 470. The van der Waals surface area contributed by atoms with Crippen LogP contribution in [0.5, 0.6) is 0 Å². The van der Waals surface area contributed by atoms with Crippen LogP contribution in [-0.2, 0) is 4.74 Å². The van der Waals surface area contributed by atoms with E-state index in [9.17, 15) is 0 Å². The number of aryl methyl sites for hydroxylation is 1. The summed E-state index contributed by atoms with van der Waals surface area (Å²) in [4.78, 5) is 2.37. The van der Waals surface area contributed by atoms with Crippen molar-refractivity contribution in [1.82, 2.24) is 0 Å². The Hall–Kier alpha value is -1.75. The third kappa shape index (κ3) is 3.17. The molecule has 1 saturated carbocycles. The van der Waals surface area contributed by atoms with Crippen molar-refractivity contribution >= 4 is 11.5 Å². The third-order valence-electron chi connectivity index (χ3n) is 3.45. The lowest BCUT2D eigenvalue weighted by atomic mass is 10.1. The number of oxime groups is 1. The van der Waals surface area contributed by atoms with Crippen LogP contribution in [0.2, 0.25) is 0 Å². The second-order valence-corrected chi connectivity index (χ2v) is 4.90. The van der Waals surface area contributed by atoms with E-state index in [4.69, 9.17) is 15.7 Å². The molecule has 1 aliphatic rings. The van der Waals surface area contributed by atoms with Crippen LogP contribution in [0.1, 0.15) is 24.0 Å². The zero-order valence-electron chi connectivity index (χ0n) is 11.5. The van der Waals surface area contributed by atoms with Crippen LogP contribution in [0.15, 0.2) is 23.4 Å². The van der Waals surface area contributed by atoms with Gasteiger partial charge in [0.2, 0.25) is 0 Å². The molecule has 0 heterocycles. The molecule has 0 radical (unpaired) electrons. The van der Waals surface area contributed by atoms with Crippen LogP contribution in [0.4, 0.5) is 5.69 Å². The SMILES string of the molecule is COCCN(c1ccc(/C(N)=N/O)c(C)c1)C1CC1. The zero-order chi connectivity index (χ0) is 13.8. The first kappa shape index (κ1) is 13.7. The number of hydrogen-bond donors (Lipinski definition) is 2. The van der Waals surface area contributed by atoms with Crippen LogP contribution < -0.4 is 10.6 Å². The third-order valence-corrected chi connectivity index (χ3v) is 3.45. The number of nitrogens with zero attached hydrogens (tertiary/aromatic N) is 2. The van der Waals surface area contributed by atoms with Gasteiger partial charge in [0.15, 0.2) is 5.84 Å². The summed E-state index contributed by atoms with van der Waals surface area (Å²) in [5, 5.41) is 11.8. The highest BCUT2D eigenvalue weighted by Gasteiger charge is 2.29. The molecule has 3 N–H and O–H groups in total. The largest absolute Gasteiger partial charge is 0.409 e. The standard InChI is InChI=1S/C14H21N3O2/c1-10-9-12(5-6-13(10)14(15)16-18)17(7-8-19-2)11-3-4-11/h5-6,9,11,18H,3-4,7-8H2,1-2H3,(H2,15,16). The van der Waals surface area contributed by atoms with E-state index in [1.807, 2.05) is 19.1 Å². The number of nitrogens with two attached hydrogens (primary N) is 1. The molecule has 1 aromatic carbocycles. The van der Waals surface area contributed by atoms with E-state index in [2.05, 4.69) is 16.1 Å². The maximum atomic E-state index is 8.74. The lowest BCUT2D eigenvalue weighted by Crippen LogP contribution is -2.29. The fourth-order valence-electron chi connectivity index (χ4n) is 2.27. The summed E-state index contributed by atoms with van der Waals surface area (Å²) in [6, 6.07) is 6.64. The smallest absolute Gasteiger partial charge is 0.170 e. The molecule has 104 valence electrons. The first-order valence-corrected chi connectivity index (χ1v) is 6.51. The molecule has 5 nitrogen and oxygen atoms in total. The van der Waals surface area contributed by atoms with Crippen molar-refractivity contribution in [2.75, 3.05) is 25.2 Å². The predicted octanol–water partition coefficient (Wildman–Crippen LogP) is 1.70. The Morgan fingerprint density at radius 3 is 2.79 bits per heavy atom. The molecule has 0 amide bonds. The van der Waals surface area contributed by atoms with Crippen molar-refractivity contribution in [3.05, 3.63) is 29.3 Å². The summed E-state index contributed by atoms with van der Waals surface area (Å²) in [5.74, 6) is 0.152. The maximum absolute atomic E-state index is 8.74. The molecule has 1 fully saturated rings. The Balaban J connectivity index is 2.21. The van der Waals surface area contributed by atoms with Gasteiger partial charge in [-0.25, -0.2) is 0 Å². The lowest BCUT2D eigenvalue weighted by Gasteiger charge is -2.25. The number of hydrogen-bond acceptors (Lipinski definition) is 4. The summed E-state index contributed by atoms with van der Waals surface area (Å²) >= 11 is 0. The normalized spacial score (nSPS) is 15.6. The number of anilines is 1. The zero-order valence-corrected chi connectivity index (χ0v) is 11.5. The highest BCUT2D eigenvalue weighted by molar-refractivity contribution is 5.98. The van der Waals surface area contributed by atoms with Crippen LogP contribution in [-0.4, -0.2) is 37.3 Å². The molecule has 0 unspecified atom stereocenters. The van der Waals surface area contributed by atoms with Crippen molar-refractivity contribution in [1.29, 1.82) is 0 Å². The topological polar surface area (TPSA) is 71.1 Å². The monoisotopic (exact) mass is 263 g/mol. The minimum Gasteiger partial charge on any atom is -0.409 e. The average molecular weight is 263 g/mol. The van der Waals surface area contributed by atoms with Crippen molar-refractivity contribution in [2.45, 2.75) is 25.8 Å². The van der Waals surface area contributed by atoms with Crippen molar-refractivity contribution < 1.29 is 9.94 Å². The first-order valence-electron chi connectivity index (χ1n) is 6.51. The molecule has 0 saturated heterocycles. The molecule has 0 bridgehead atoms. The second-order valence-electron chi connectivity index (χ2n) is 4.90. The van der Waals surface area contributed by atoms with Gasteiger partial charge in [-0.05, 0) is 43.5 Å². The Labute approximate surface area is 113 Å². The lowest BCUT2D eigenvalue weighted by molar-refractivity contribution is 0.205. The van der Waals surface area contributed by atoms with E-state index in [1.165, 1.54) is 18.5 Å². The van der Waals surface area contributed by atoms with Gasteiger partial charge in [0.1, 0.15) is 0 Å². The minimum atomic E-state index is 0.152. The van der Waals surface area contributed by atoms with E-state index in [0.29, 0.717) is 6.04 Å². The van der Waals surface area contributed by atoms with Gasteiger partial charge in [-0.2, -0.15) is 0 Å². The van der Waals surface area contributed by atoms with Crippen molar-refractivity contribution in [2.24, 2.45) is 10.9 Å². The maximum Gasteiger partial charge on any atom is 0.170 e. The molecule has 1 aromatic rings. The van der Waals surface area contributed by atoms with Crippen LogP contribution in [0.25, 0.3) is 0 Å². The molecular formula is C14H21N3O2. The van der Waals surface area contributed by atoms with E-state index in [0.717, 1.165) is 24.3 Å². The molecule has 0 aliphatic heterocycles. The molecule has 5 heteroatoms. The van der Waals surface area contributed by atoms with Gasteiger partial charge < -0.3 is 20.6 Å². The van der Waals surface area contributed by atoms with Gasteiger partial charge in [0, 0.05) is 30.9 Å². The van der Waals surface area contributed by atoms with Gasteiger partial charge in [-0.3, -0.25) is 0 Å². The fraction of sp³-hybridized carbons (Fsp3) is 0.500.